The van der Waals surface area contributed by atoms with Gasteiger partial charge in [-0.2, -0.15) is 0 Å². The summed E-state index contributed by atoms with van der Waals surface area (Å²) in [5.74, 6) is -4.04. The molecule has 412 valence electrons. The topological polar surface area (TPSA) is 53.5 Å². The Morgan fingerprint density at radius 3 is 1.35 bits per heavy atom. The summed E-state index contributed by atoms with van der Waals surface area (Å²) >= 11 is -7.29. The first-order chi connectivity index (χ1) is 63.6. The second-order valence-electron chi connectivity index (χ2n) is 19.0. The molecule has 0 saturated heterocycles. The monoisotopic (exact) mass is 1230 g/mol. The van der Waals surface area contributed by atoms with Crippen molar-refractivity contribution in [2.75, 3.05) is 0 Å². The van der Waals surface area contributed by atoms with Crippen molar-refractivity contribution < 1.29 is 65.8 Å². The summed E-state index contributed by atoms with van der Waals surface area (Å²) in [7, 11) is 0. The Balaban J connectivity index is 1.12. The van der Waals surface area contributed by atoms with E-state index in [0.717, 1.165) is 6.07 Å². The van der Waals surface area contributed by atoms with Crippen molar-refractivity contribution in [2.24, 2.45) is 0 Å². The van der Waals surface area contributed by atoms with E-state index in [1.807, 2.05) is 0 Å². The Labute approximate surface area is 579 Å². The first kappa shape index (κ1) is 22.3. The minimum absolute atomic E-state index is 0.392. The third kappa shape index (κ3) is 8.28. The molecule has 0 aliphatic rings. The Kier molecular flexibility index (Phi) is 5.34. The van der Waals surface area contributed by atoms with Crippen LogP contribution in [-0.4, -0.2) is 41.9 Å². The summed E-state index contributed by atoms with van der Waals surface area (Å²) in [4.78, 5) is 14.3. The molecule has 13 aromatic carbocycles. The molecule has 0 fully saturated rings. The van der Waals surface area contributed by atoms with Gasteiger partial charge in [0.2, 0.25) is 0 Å². The van der Waals surface area contributed by atoms with E-state index in [2.05, 4.69) is 0 Å². The Morgan fingerprint density at radius 1 is 0.273 bits per heavy atom. The average molecular weight is 1230 g/mol. The van der Waals surface area contributed by atoms with Crippen LogP contribution in [0.5, 0.6) is 0 Å². The third-order valence-electron chi connectivity index (χ3n) is 14.4. The van der Waals surface area contributed by atoms with Gasteiger partial charge in [0, 0.05) is 10.8 Å². The summed E-state index contributed by atoms with van der Waals surface area (Å²) in [6, 6.07) is -47.5. The van der Waals surface area contributed by atoms with E-state index in [1.165, 1.54) is 30.3 Å². The molecule has 0 amide bonds. The number of aromatic nitrogens is 6. The molecule has 4 aromatic heterocycles. The molecule has 4 heterocycles. The molecule has 0 spiro atoms. The van der Waals surface area contributed by atoms with Crippen LogP contribution in [0.3, 0.4) is 0 Å². The van der Waals surface area contributed by atoms with Crippen LogP contribution in [0, 0.1) is 0 Å². The molecule has 0 aliphatic carbocycles. The van der Waals surface area contributed by atoms with Gasteiger partial charge in [-0.3, -0.25) is 0 Å². The summed E-state index contributed by atoms with van der Waals surface area (Å²) in [5, 5.41) is -4.49. The second kappa shape index (κ2) is 21.1. The standard InChI is InChI=1S/C81H54GeN6/c1-4-23-55(24-5-1)57-43-47-61(48-44-57)82(60-28-8-3-9-29-60,62-49-45-58(46-50-62)56-25-6-2-7-26-56)63-30-22-27-59(53-63)79-83-80(70-36-15-21-42-77(70)87-74-39-18-12-33-67(74)68-34-13-19-40-75(68)87)85-81(84-79)88-76-41-20-14-35-69(76)71-54-64(51-52-78(71)88)86-72-37-16-10-31-65(72)66-32-11-17-38-73(66)86/h1-54H/i1D,2D,4D,5D,6D,7D,10D,11D,12D,13D,14D,15D,16D,17D,18D,19D,20D,21D,22D,23D,24D,25D,26D,27D,30D,31D,32D,33D,34D,35D,36D,37D,38D,39D,40D,41D,42D,43D,44D,45D,46D,47D,48D,49D,51D,52D,53D,54D. The van der Waals surface area contributed by atoms with Gasteiger partial charge in [-0.25, -0.2) is 0 Å². The van der Waals surface area contributed by atoms with Crippen LogP contribution in [0.15, 0.2) is 326 Å². The van der Waals surface area contributed by atoms with Crippen LogP contribution in [-0.2, 0) is 0 Å². The maximum absolute atomic E-state index is 11.2. The van der Waals surface area contributed by atoms with Gasteiger partial charge in [0.05, 0.1) is 30.2 Å². The van der Waals surface area contributed by atoms with Gasteiger partial charge in [-0.05, 0) is 12.1 Å². The summed E-state index contributed by atoms with van der Waals surface area (Å²) in [5.41, 5.74) is -13.5. The van der Waals surface area contributed by atoms with Gasteiger partial charge in [-0.1, -0.05) is 48.3 Å². The number of benzene rings is 13. The van der Waals surface area contributed by atoms with E-state index in [9.17, 15) is 41.1 Å². The van der Waals surface area contributed by atoms with Crippen LogP contribution >= 0.6 is 0 Å². The molecule has 0 bridgehead atoms. The molecule has 17 aromatic rings. The number of para-hydroxylation sites is 6. The summed E-state index contributed by atoms with van der Waals surface area (Å²) < 4.78 is 455. The zero-order valence-corrected chi connectivity index (χ0v) is 46.2. The maximum atomic E-state index is 11.2. The molecule has 6 nitrogen and oxygen atoms in total. The number of hydrogen-bond donors (Lipinski definition) is 0. The van der Waals surface area contributed by atoms with Gasteiger partial charge in [0.25, 0.3) is 0 Å². The molecule has 0 radical (unpaired) electrons. The summed E-state index contributed by atoms with van der Waals surface area (Å²) in [6.45, 7) is 0. The van der Waals surface area contributed by atoms with Crippen molar-refractivity contribution in [1.29, 1.82) is 0 Å². The number of hydrogen-bond acceptors (Lipinski definition) is 3. The van der Waals surface area contributed by atoms with Crippen molar-refractivity contribution in [2.45, 2.75) is 0 Å². The fourth-order valence-corrected chi connectivity index (χ4v) is 19.0. The van der Waals surface area contributed by atoms with Crippen LogP contribution < -0.4 is 17.6 Å². The Morgan fingerprint density at radius 2 is 0.739 bits per heavy atom. The molecule has 1 unspecified atom stereocenters. The van der Waals surface area contributed by atoms with Gasteiger partial charge < -0.3 is 0 Å². The van der Waals surface area contributed by atoms with Crippen LogP contribution in [0.2, 0.25) is 0 Å². The minimum atomic E-state index is -7.29. The van der Waals surface area contributed by atoms with Gasteiger partial charge >= 0.3 is 478 Å². The van der Waals surface area contributed by atoms with E-state index in [4.69, 9.17) is 39.6 Å². The van der Waals surface area contributed by atoms with Crippen molar-refractivity contribution >= 4 is 96.3 Å². The fraction of sp³-hybridized carbons (Fsp3) is 0. The molecular formula is C81H54GeN6. The molecule has 17 rings (SSSR count). The zero-order valence-electron chi connectivity index (χ0n) is 92.1. The SMILES string of the molecule is [2H]c1c[c]([Ge]([c]2ccccc2)([c]2c([2H])c([2H])c(-c3c([2H])c([2H])c([2H])c([2H])c3[2H])c([2H])c2[2H])[c]2c([2H])c([2H])c([2H])c(-c3nc(-c4c([2H])c([2H])c([2H])c([2H])c4-n4c5c([2H])c([2H])c([2H])c([2H])c5c5c([2H])c([2H])c([2H])c([2H])c54)nc(-n4c5c([2H])c([2H])c([2H])c([2H])c5c5c([2H])c(-n6c7c([2H])c([2H])c([2H])c([2H])c7c7c([2H])c([2H])c([2H])c([2H])c76)c([2H])c([2H])c54)n3)c2[2H])c([2H])c([2H])c1-c1c([2H])c([2H])c([2H])c([2H])c1[2H]. The van der Waals surface area contributed by atoms with Crippen molar-refractivity contribution in [3.63, 3.8) is 0 Å². The number of fused-ring (bicyclic) bond motifs is 9. The van der Waals surface area contributed by atoms with E-state index >= 15 is 0 Å². The average Bonchev–Trinajstić information content (AvgIpc) is 0.946. The normalized spacial score (nSPS) is 20.0. The third-order valence-corrected chi connectivity index (χ3v) is 23.4. The van der Waals surface area contributed by atoms with Crippen molar-refractivity contribution in [1.82, 2.24) is 28.7 Å². The van der Waals surface area contributed by atoms with Crippen molar-refractivity contribution in [3.05, 3.63) is 326 Å². The number of rotatable bonds is 11. The van der Waals surface area contributed by atoms with Crippen LogP contribution in [0.25, 0.3) is 128 Å². The first-order valence-electron chi connectivity index (χ1n) is 50.1. The quantitative estimate of drug-likeness (QED) is 0.121. The predicted molar refractivity (Wildman–Crippen MR) is 368 cm³/mol. The predicted octanol–water partition coefficient (Wildman–Crippen LogP) is 17.2. The van der Waals surface area contributed by atoms with E-state index in [1.54, 1.807) is 0 Å². The molecule has 0 N–H and O–H groups in total. The van der Waals surface area contributed by atoms with Gasteiger partial charge in [0.1, 0.15) is 0 Å². The zero-order chi connectivity index (χ0) is 99.9. The van der Waals surface area contributed by atoms with E-state index in [-0.39, 0.29) is 0 Å². The van der Waals surface area contributed by atoms with E-state index < -0.39 is 449 Å². The van der Waals surface area contributed by atoms with E-state index in [0.29, 0.717) is 13.7 Å². The fourth-order valence-electron chi connectivity index (χ4n) is 10.7. The van der Waals surface area contributed by atoms with Crippen molar-refractivity contribution in [3.8, 4) is 62.4 Å². The molecule has 1 atom stereocenters. The molecule has 0 saturated carbocycles. The molecule has 0 aliphatic heterocycles. The molecular weight excluding hydrogens is 1130 g/mol. The van der Waals surface area contributed by atoms with Gasteiger partial charge in [0.15, 0.2) is 0 Å². The number of nitrogens with zero attached hydrogens (tertiary/aromatic N) is 6. The molecule has 7 heteroatoms. The van der Waals surface area contributed by atoms with Gasteiger partial charge in [-0.15, -0.1) is 0 Å². The molecule has 88 heavy (non-hydrogen) atoms. The summed E-state index contributed by atoms with van der Waals surface area (Å²) in [6.07, 6.45) is 0. The first-order valence-corrected chi connectivity index (χ1v) is 30.3. The second-order valence-corrected chi connectivity index (χ2v) is 26.6. The Hall–Kier alpha value is -11.2. The Bertz CT molecular complexity index is 8280. The van der Waals surface area contributed by atoms with Crippen LogP contribution in [0.1, 0.15) is 65.8 Å². The van der Waals surface area contributed by atoms with Crippen LogP contribution in [0.4, 0.5) is 0 Å².